The average Bonchev–Trinajstić information content (AvgIpc) is 3.19. The molecule has 0 saturated carbocycles. The largest absolute Gasteiger partial charge is 0.314 e. The van der Waals surface area contributed by atoms with E-state index in [1.165, 1.54) is 16.7 Å². The SMILES string of the molecule is c1ccc(C(c2ccc(-c3cn[nH]c3)cc2)N2CCNCC2)cc1. The molecule has 0 amide bonds. The molecule has 1 fully saturated rings. The zero-order valence-electron chi connectivity index (χ0n) is 13.7. The maximum absolute atomic E-state index is 4.04. The van der Waals surface area contributed by atoms with Gasteiger partial charge in [0, 0.05) is 37.9 Å². The fraction of sp³-hybridized carbons (Fsp3) is 0.250. The number of hydrogen-bond acceptors (Lipinski definition) is 3. The number of H-pyrrole nitrogens is 1. The molecule has 0 spiro atoms. The van der Waals surface area contributed by atoms with Gasteiger partial charge < -0.3 is 5.32 Å². The van der Waals surface area contributed by atoms with Gasteiger partial charge in [0.2, 0.25) is 0 Å². The van der Waals surface area contributed by atoms with Gasteiger partial charge >= 0.3 is 0 Å². The van der Waals surface area contributed by atoms with Gasteiger partial charge in [-0.15, -0.1) is 0 Å². The zero-order valence-corrected chi connectivity index (χ0v) is 13.7. The van der Waals surface area contributed by atoms with Crippen LogP contribution in [0.3, 0.4) is 0 Å². The Balaban J connectivity index is 1.67. The van der Waals surface area contributed by atoms with Crippen molar-refractivity contribution in [3.8, 4) is 11.1 Å². The summed E-state index contributed by atoms with van der Waals surface area (Å²) in [6, 6.07) is 20.0. The van der Waals surface area contributed by atoms with E-state index in [9.17, 15) is 0 Å². The van der Waals surface area contributed by atoms with E-state index in [4.69, 9.17) is 0 Å². The molecule has 4 heteroatoms. The van der Waals surface area contributed by atoms with E-state index < -0.39 is 0 Å². The molecule has 0 aliphatic carbocycles. The number of nitrogens with one attached hydrogen (secondary N) is 2. The lowest BCUT2D eigenvalue weighted by molar-refractivity contribution is 0.198. The Labute approximate surface area is 142 Å². The second kappa shape index (κ2) is 6.99. The molecule has 1 aliphatic heterocycles. The molecule has 2 aromatic carbocycles. The van der Waals surface area contributed by atoms with Crippen molar-refractivity contribution in [2.24, 2.45) is 0 Å². The molecular weight excluding hydrogens is 296 g/mol. The van der Waals surface area contributed by atoms with Crippen molar-refractivity contribution < 1.29 is 0 Å². The molecule has 1 aliphatic rings. The molecule has 4 nitrogen and oxygen atoms in total. The van der Waals surface area contributed by atoms with Gasteiger partial charge in [-0.3, -0.25) is 10.00 Å². The molecule has 1 aromatic heterocycles. The second-order valence-electron chi connectivity index (χ2n) is 6.21. The third-order valence-electron chi connectivity index (χ3n) is 4.69. The molecular formula is C20H22N4. The van der Waals surface area contributed by atoms with Crippen molar-refractivity contribution in [3.05, 3.63) is 78.1 Å². The van der Waals surface area contributed by atoms with E-state index >= 15 is 0 Å². The highest BCUT2D eigenvalue weighted by Crippen LogP contribution is 2.30. The maximum atomic E-state index is 4.04. The summed E-state index contributed by atoms with van der Waals surface area (Å²) in [5.74, 6) is 0. The van der Waals surface area contributed by atoms with Gasteiger partial charge in [0.05, 0.1) is 12.2 Å². The van der Waals surface area contributed by atoms with E-state index in [-0.39, 0.29) is 0 Å². The molecule has 1 saturated heterocycles. The van der Waals surface area contributed by atoms with Crippen LogP contribution in [0.2, 0.25) is 0 Å². The minimum atomic E-state index is 0.312. The monoisotopic (exact) mass is 318 g/mol. The van der Waals surface area contributed by atoms with Crippen LogP contribution >= 0.6 is 0 Å². The summed E-state index contributed by atoms with van der Waals surface area (Å²) in [6.45, 7) is 4.25. The molecule has 3 aromatic rings. The van der Waals surface area contributed by atoms with Gasteiger partial charge in [-0.2, -0.15) is 5.10 Å². The smallest absolute Gasteiger partial charge is 0.0602 e. The molecule has 0 radical (unpaired) electrons. The van der Waals surface area contributed by atoms with Crippen LogP contribution in [0.5, 0.6) is 0 Å². The van der Waals surface area contributed by atoms with Crippen molar-refractivity contribution in [2.45, 2.75) is 6.04 Å². The summed E-state index contributed by atoms with van der Waals surface area (Å²) in [5, 5.41) is 10.4. The Morgan fingerprint density at radius 1 is 0.833 bits per heavy atom. The van der Waals surface area contributed by atoms with Crippen LogP contribution in [0.1, 0.15) is 17.2 Å². The standard InChI is InChI=1S/C20H22N4/c1-2-4-17(5-3-1)20(24-12-10-21-11-13-24)18-8-6-16(7-9-18)19-14-22-23-15-19/h1-9,14-15,20-21H,10-13H2,(H,22,23). The molecule has 0 bridgehead atoms. The number of benzene rings is 2. The highest BCUT2D eigenvalue weighted by Gasteiger charge is 2.23. The van der Waals surface area contributed by atoms with E-state index in [2.05, 4.69) is 75.0 Å². The first kappa shape index (κ1) is 15.1. The predicted octanol–water partition coefficient (Wildman–Crippen LogP) is 3.07. The first-order valence-electron chi connectivity index (χ1n) is 8.50. The first-order valence-corrected chi connectivity index (χ1v) is 8.50. The van der Waals surface area contributed by atoms with Crippen molar-refractivity contribution in [2.75, 3.05) is 26.2 Å². The fourth-order valence-corrected chi connectivity index (χ4v) is 3.46. The summed E-state index contributed by atoms with van der Waals surface area (Å²) in [7, 11) is 0. The van der Waals surface area contributed by atoms with Crippen LogP contribution in [0.15, 0.2) is 67.0 Å². The Morgan fingerprint density at radius 2 is 1.54 bits per heavy atom. The van der Waals surface area contributed by atoms with Gasteiger partial charge in [-0.05, 0) is 16.7 Å². The van der Waals surface area contributed by atoms with Gasteiger partial charge in [-0.25, -0.2) is 0 Å². The first-order chi connectivity index (χ1) is 11.9. The van der Waals surface area contributed by atoms with E-state index in [0.29, 0.717) is 6.04 Å². The van der Waals surface area contributed by atoms with E-state index in [0.717, 1.165) is 31.7 Å². The Hall–Kier alpha value is -2.43. The predicted molar refractivity (Wildman–Crippen MR) is 96.8 cm³/mol. The Morgan fingerprint density at radius 3 is 2.21 bits per heavy atom. The van der Waals surface area contributed by atoms with Crippen molar-refractivity contribution in [3.63, 3.8) is 0 Å². The quantitative estimate of drug-likeness (QED) is 0.777. The molecule has 2 heterocycles. The van der Waals surface area contributed by atoms with Crippen molar-refractivity contribution >= 4 is 0 Å². The molecule has 4 rings (SSSR count). The minimum absolute atomic E-state index is 0.312. The summed E-state index contributed by atoms with van der Waals surface area (Å²) in [4.78, 5) is 2.57. The van der Waals surface area contributed by atoms with Gasteiger partial charge in [0.15, 0.2) is 0 Å². The lowest BCUT2D eigenvalue weighted by Crippen LogP contribution is -2.45. The number of hydrogen-bond donors (Lipinski definition) is 2. The zero-order chi connectivity index (χ0) is 16.2. The molecule has 122 valence electrons. The normalized spacial score (nSPS) is 16.8. The number of rotatable bonds is 4. The lowest BCUT2D eigenvalue weighted by Gasteiger charge is -2.35. The van der Waals surface area contributed by atoms with Crippen molar-refractivity contribution in [1.82, 2.24) is 20.4 Å². The summed E-state index contributed by atoms with van der Waals surface area (Å²) in [5.41, 5.74) is 5.02. The highest BCUT2D eigenvalue weighted by molar-refractivity contribution is 5.62. The van der Waals surface area contributed by atoms with Crippen LogP contribution in [-0.4, -0.2) is 41.3 Å². The molecule has 1 unspecified atom stereocenters. The minimum Gasteiger partial charge on any atom is -0.314 e. The van der Waals surface area contributed by atoms with Crippen LogP contribution < -0.4 is 5.32 Å². The Kier molecular flexibility index (Phi) is 4.40. The Bertz CT molecular complexity index is 744. The van der Waals surface area contributed by atoms with Crippen LogP contribution in [-0.2, 0) is 0 Å². The van der Waals surface area contributed by atoms with Gasteiger partial charge in [0.1, 0.15) is 0 Å². The number of piperazine rings is 1. The lowest BCUT2D eigenvalue weighted by atomic mass is 9.95. The number of aromatic amines is 1. The maximum Gasteiger partial charge on any atom is 0.0602 e. The van der Waals surface area contributed by atoms with E-state index in [1.807, 2.05) is 12.4 Å². The van der Waals surface area contributed by atoms with Crippen LogP contribution in [0.25, 0.3) is 11.1 Å². The van der Waals surface area contributed by atoms with Crippen molar-refractivity contribution in [1.29, 1.82) is 0 Å². The van der Waals surface area contributed by atoms with Gasteiger partial charge in [0.25, 0.3) is 0 Å². The number of nitrogens with zero attached hydrogens (tertiary/aromatic N) is 2. The topological polar surface area (TPSA) is 44.0 Å². The summed E-state index contributed by atoms with van der Waals surface area (Å²) in [6.07, 6.45) is 3.79. The van der Waals surface area contributed by atoms with Crippen LogP contribution in [0, 0.1) is 0 Å². The van der Waals surface area contributed by atoms with Crippen LogP contribution in [0.4, 0.5) is 0 Å². The highest BCUT2D eigenvalue weighted by atomic mass is 15.2. The molecule has 1 atom stereocenters. The molecule has 24 heavy (non-hydrogen) atoms. The number of aromatic nitrogens is 2. The summed E-state index contributed by atoms with van der Waals surface area (Å²) >= 11 is 0. The molecule has 2 N–H and O–H groups in total. The average molecular weight is 318 g/mol. The third-order valence-corrected chi connectivity index (χ3v) is 4.69. The summed E-state index contributed by atoms with van der Waals surface area (Å²) < 4.78 is 0. The third kappa shape index (κ3) is 3.11. The fourth-order valence-electron chi connectivity index (χ4n) is 3.46. The second-order valence-corrected chi connectivity index (χ2v) is 6.21. The van der Waals surface area contributed by atoms with Gasteiger partial charge in [-0.1, -0.05) is 54.6 Å². The van der Waals surface area contributed by atoms with E-state index in [1.54, 1.807) is 0 Å².